The summed E-state index contributed by atoms with van der Waals surface area (Å²) in [6, 6.07) is 12.2. The average Bonchev–Trinajstić information content (AvgIpc) is 2.46. The lowest BCUT2D eigenvalue weighted by Crippen LogP contribution is -2.00. The minimum Gasteiger partial charge on any atom is -0.399 e. The molecule has 2 aromatic carbocycles. The van der Waals surface area contributed by atoms with Crippen LogP contribution in [0, 0.1) is 5.82 Å². The van der Waals surface area contributed by atoms with Crippen molar-refractivity contribution in [2.24, 2.45) is 0 Å². The average molecular weight is 300 g/mol. The van der Waals surface area contributed by atoms with Gasteiger partial charge in [-0.2, -0.15) is 0 Å². The summed E-state index contributed by atoms with van der Waals surface area (Å²) in [5, 5.41) is 0.824. The Kier molecular flexibility index (Phi) is 3.62. The lowest BCUT2D eigenvalue weighted by atomic mass is 10.2. The van der Waals surface area contributed by atoms with Crippen molar-refractivity contribution in [2.75, 3.05) is 11.5 Å². The third-order valence-electron chi connectivity index (χ3n) is 2.99. The predicted octanol–water partition coefficient (Wildman–Crippen LogP) is 3.23. The first kappa shape index (κ1) is 13.6. The molecule has 106 valence electrons. The molecule has 0 spiro atoms. The first-order valence-electron chi connectivity index (χ1n) is 6.32. The molecule has 0 unspecified atom stereocenters. The second-order valence-corrected chi connectivity index (χ2v) is 5.54. The number of hydrogen-bond acceptors (Lipinski definition) is 5. The van der Waals surface area contributed by atoms with Gasteiger partial charge in [0.2, 0.25) is 0 Å². The number of aromatic nitrogens is 2. The van der Waals surface area contributed by atoms with Crippen molar-refractivity contribution in [1.29, 1.82) is 0 Å². The van der Waals surface area contributed by atoms with Gasteiger partial charge in [-0.3, -0.25) is 0 Å². The molecular formula is C15H13FN4S. The SMILES string of the molecule is Nc1ccc(SCc2nc(N)c3ccccc3n2)c(F)c1. The lowest BCUT2D eigenvalue weighted by Gasteiger charge is -2.06. The van der Waals surface area contributed by atoms with Crippen LogP contribution in [0.25, 0.3) is 10.9 Å². The third-order valence-corrected chi connectivity index (χ3v) is 4.04. The number of para-hydroxylation sites is 1. The van der Waals surface area contributed by atoms with Crippen LogP contribution < -0.4 is 11.5 Å². The minimum atomic E-state index is -0.339. The van der Waals surface area contributed by atoms with Crippen molar-refractivity contribution in [3.8, 4) is 0 Å². The molecule has 4 nitrogen and oxygen atoms in total. The molecule has 0 aliphatic carbocycles. The summed E-state index contributed by atoms with van der Waals surface area (Å²) in [5.74, 6) is 1.12. The number of fused-ring (bicyclic) bond motifs is 1. The Bertz CT molecular complexity index is 807. The zero-order valence-electron chi connectivity index (χ0n) is 11.1. The number of thioether (sulfide) groups is 1. The molecule has 3 rings (SSSR count). The van der Waals surface area contributed by atoms with E-state index in [2.05, 4.69) is 9.97 Å². The molecule has 1 heterocycles. The van der Waals surface area contributed by atoms with Crippen LogP contribution in [0.15, 0.2) is 47.4 Å². The zero-order valence-corrected chi connectivity index (χ0v) is 11.9. The van der Waals surface area contributed by atoms with Crippen LogP contribution in [-0.2, 0) is 5.75 Å². The van der Waals surface area contributed by atoms with Gasteiger partial charge in [0.25, 0.3) is 0 Å². The van der Waals surface area contributed by atoms with Gasteiger partial charge in [0.15, 0.2) is 0 Å². The molecular weight excluding hydrogens is 287 g/mol. The number of nitrogens with zero attached hydrogens (tertiary/aromatic N) is 2. The topological polar surface area (TPSA) is 77.8 Å². The maximum atomic E-state index is 13.7. The molecule has 4 N–H and O–H groups in total. The highest BCUT2D eigenvalue weighted by Crippen LogP contribution is 2.27. The predicted molar refractivity (Wildman–Crippen MR) is 84.3 cm³/mol. The van der Waals surface area contributed by atoms with E-state index in [4.69, 9.17) is 11.5 Å². The summed E-state index contributed by atoms with van der Waals surface area (Å²) in [6.07, 6.45) is 0. The van der Waals surface area contributed by atoms with Gasteiger partial charge in [0.1, 0.15) is 17.5 Å². The monoisotopic (exact) mass is 300 g/mol. The normalized spacial score (nSPS) is 10.9. The van der Waals surface area contributed by atoms with Crippen molar-refractivity contribution in [3.05, 3.63) is 54.1 Å². The first-order valence-corrected chi connectivity index (χ1v) is 7.31. The van der Waals surface area contributed by atoms with Crippen molar-refractivity contribution >= 4 is 34.2 Å². The number of halogens is 1. The molecule has 1 aromatic heterocycles. The van der Waals surface area contributed by atoms with Gasteiger partial charge >= 0.3 is 0 Å². The Hall–Kier alpha value is -2.34. The fraction of sp³-hybridized carbons (Fsp3) is 0.0667. The summed E-state index contributed by atoms with van der Waals surface area (Å²) in [6.45, 7) is 0. The van der Waals surface area contributed by atoms with Crippen molar-refractivity contribution in [2.45, 2.75) is 10.6 Å². The van der Waals surface area contributed by atoms with Crippen LogP contribution in [-0.4, -0.2) is 9.97 Å². The molecule has 0 bridgehead atoms. The fourth-order valence-electron chi connectivity index (χ4n) is 1.99. The Morgan fingerprint density at radius 3 is 2.67 bits per heavy atom. The molecule has 0 atom stereocenters. The van der Waals surface area contributed by atoms with E-state index in [9.17, 15) is 4.39 Å². The van der Waals surface area contributed by atoms with Crippen molar-refractivity contribution < 1.29 is 4.39 Å². The lowest BCUT2D eigenvalue weighted by molar-refractivity contribution is 0.602. The maximum absolute atomic E-state index is 13.7. The van der Waals surface area contributed by atoms with E-state index in [1.807, 2.05) is 24.3 Å². The summed E-state index contributed by atoms with van der Waals surface area (Å²) in [7, 11) is 0. The van der Waals surface area contributed by atoms with E-state index < -0.39 is 0 Å². The number of hydrogen-bond donors (Lipinski definition) is 2. The first-order chi connectivity index (χ1) is 10.1. The van der Waals surface area contributed by atoms with Gasteiger partial charge in [-0.15, -0.1) is 11.8 Å². The van der Waals surface area contributed by atoms with Crippen LogP contribution in [0.3, 0.4) is 0 Å². The highest BCUT2D eigenvalue weighted by Gasteiger charge is 2.08. The molecule has 0 aliphatic rings. The largest absolute Gasteiger partial charge is 0.399 e. The fourth-order valence-corrected chi connectivity index (χ4v) is 2.77. The summed E-state index contributed by atoms with van der Waals surface area (Å²) in [4.78, 5) is 9.22. The van der Waals surface area contributed by atoms with E-state index in [0.717, 1.165) is 10.9 Å². The smallest absolute Gasteiger partial charge is 0.141 e. The maximum Gasteiger partial charge on any atom is 0.141 e. The van der Waals surface area contributed by atoms with E-state index in [0.29, 0.717) is 28.0 Å². The van der Waals surface area contributed by atoms with E-state index in [1.165, 1.54) is 17.8 Å². The van der Waals surface area contributed by atoms with E-state index in [-0.39, 0.29) is 5.82 Å². The summed E-state index contributed by atoms with van der Waals surface area (Å²) in [5.41, 5.74) is 12.6. The second-order valence-electron chi connectivity index (χ2n) is 4.52. The van der Waals surface area contributed by atoms with Crippen LogP contribution >= 0.6 is 11.8 Å². The van der Waals surface area contributed by atoms with Gasteiger partial charge in [-0.1, -0.05) is 12.1 Å². The van der Waals surface area contributed by atoms with Gasteiger partial charge < -0.3 is 11.5 Å². The van der Waals surface area contributed by atoms with E-state index in [1.54, 1.807) is 12.1 Å². The molecule has 0 fully saturated rings. The molecule has 6 heteroatoms. The Labute approximate surface area is 125 Å². The van der Waals surface area contributed by atoms with Crippen LogP contribution in [0.5, 0.6) is 0 Å². The molecule has 3 aromatic rings. The standard InChI is InChI=1S/C15H13FN4S/c16-11-7-9(17)5-6-13(11)21-8-14-19-12-4-2-1-3-10(12)15(18)20-14/h1-7H,8,17H2,(H2,18,19,20). The quantitative estimate of drug-likeness (QED) is 0.573. The Morgan fingerprint density at radius 1 is 1.05 bits per heavy atom. The Morgan fingerprint density at radius 2 is 1.86 bits per heavy atom. The number of nitrogen functional groups attached to an aromatic ring is 2. The highest BCUT2D eigenvalue weighted by atomic mass is 32.2. The number of benzene rings is 2. The molecule has 0 aliphatic heterocycles. The number of rotatable bonds is 3. The van der Waals surface area contributed by atoms with Gasteiger partial charge in [-0.25, -0.2) is 14.4 Å². The highest BCUT2D eigenvalue weighted by molar-refractivity contribution is 7.98. The van der Waals surface area contributed by atoms with Gasteiger partial charge in [0.05, 0.1) is 11.3 Å². The molecule has 0 saturated carbocycles. The summed E-state index contributed by atoms with van der Waals surface area (Å²) >= 11 is 1.31. The molecule has 0 saturated heterocycles. The van der Waals surface area contributed by atoms with Crippen LogP contribution in [0.2, 0.25) is 0 Å². The van der Waals surface area contributed by atoms with Gasteiger partial charge in [-0.05, 0) is 30.3 Å². The zero-order chi connectivity index (χ0) is 14.8. The van der Waals surface area contributed by atoms with Gasteiger partial charge in [0, 0.05) is 16.0 Å². The van der Waals surface area contributed by atoms with Crippen LogP contribution in [0.1, 0.15) is 5.82 Å². The van der Waals surface area contributed by atoms with Crippen LogP contribution in [0.4, 0.5) is 15.9 Å². The minimum absolute atomic E-state index is 0.339. The second kappa shape index (κ2) is 5.57. The molecule has 0 amide bonds. The van der Waals surface area contributed by atoms with Crippen molar-refractivity contribution in [3.63, 3.8) is 0 Å². The van der Waals surface area contributed by atoms with Crippen molar-refractivity contribution in [1.82, 2.24) is 9.97 Å². The number of nitrogens with two attached hydrogens (primary N) is 2. The van der Waals surface area contributed by atoms with E-state index >= 15 is 0 Å². The summed E-state index contributed by atoms with van der Waals surface area (Å²) < 4.78 is 13.7. The molecule has 0 radical (unpaired) electrons. The Balaban J connectivity index is 1.85. The number of anilines is 2. The molecule has 21 heavy (non-hydrogen) atoms. The third kappa shape index (κ3) is 2.90.